The number of likely N-dealkylation sites (N-methyl/N-ethyl adjacent to an activating group) is 1. The molecular weight excluding hydrogens is 737 g/mol. The summed E-state index contributed by atoms with van der Waals surface area (Å²) in [4.78, 5) is 15.4. The van der Waals surface area contributed by atoms with Crippen LogP contribution in [-0.2, 0) is 0 Å². The Morgan fingerprint density at radius 3 is 2.48 bits per heavy atom. The summed E-state index contributed by atoms with van der Waals surface area (Å²) < 4.78 is 13.5. The van der Waals surface area contributed by atoms with E-state index in [1.165, 1.54) is 11.3 Å². The van der Waals surface area contributed by atoms with Crippen molar-refractivity contribution in [1.82, 2.24) is 4.90 Å². The average Bonchev–Trinajstić information content (AvgIpc) is 3.93. The molecule has 0 saturated carbocycles. The van der Waals surface area contributed by atoms with E-state index in [1.807, 2.05) is 0 Å². The summed E-state index contributed by atoms with van der Waals surface area (Å²) in [5, 5.41) is 4.29. The number of rotatable bonds is 5. The fraction of sp³-hybridized carbons (Fsp3) is 0.185. The van der Waals surface area contributed by atoms with E-state index in [2.05, 4.69) is 195 Å². The van der Waals surface area contributed by atoms with E-state index in [0.29, 0.717) is 0 Å². The molecule has 6 heteroatoms. The van der Waals surface area contributed by atoms with Gasteiger partial charge >= 0.3 is 0 Å². The monoisotopic (exact) mass is 780 g/mol. The number of allylic oxidation sites excluding steroid dienone is 7. The highest BCUT2D eigenvalue weighted by atomic mass is 16.3. The third-order valence-corrected chi connectivity index (χ3v) is 13.5. The predicted molar refractivity (Wildman–Crippen MR) is 247 cm³/mol. The molecule has 4 unspecified atom stereocenters. The molecule has 0 saturated heterocycles. The van der Waals surface area contributed by atoms with Gasteiger partial charge in [0.15, 0.2) is 5.84 Å². The number of aliphatic imine (C=N–C) groups is 2. The fourth-order valence-corrected chi connectivity index (χ4v) is 10.6. The summed E-state index contributed by atoms with van der Waals surface area (Å²) >= 11 is 0. The maximum atomic E-state index is 6.94. The van der Waals surface area contributed by atoms with E-state index in [0.717, 1.165) is 103 Å². The van der Waals surface area contributed by atoms with Crippen LogP contribution in [0.15, 0.2) is 188 Å². The van der Waals surface area contributed by atoms with Crippen molar-refractivity contribution in [1.29, 1.82) is 0 Å². The molecular formula is C54H44N4O2. The van der Waals surface area contributed by atoms with Gasteiger partial charge in [-0.1, -0.05) is 128 Å². The third kappa shape index (κ3) is 5.13. The van der Waals surface area contributed by atoms with Crippen molar-refractivity contribution in [3.8, 4) is 11.1 Å². The Morgan fingerprint density at radius 1 is 0.717 bits per heavy atom. The van der Waals surface area contributed by atoms with Crippen molar-refractivity contribution in [3.05, 3.63) is 181 Å². The lowest BCUT2D eigenvalue weighted by Gasteiger charge is -2.42. The lowest BCUT2D eigenvalue weighted by atomic mass is 9.79. The molecule has 0 amide bonds. The second-order valence-electron chi connectivity index (χ2n) is 17.3. The van der Waals surface area contributed by atoms with E-state index in [9.17, 15) is 0 Å². The first kappa shape index (κ1) is 35.1. The van der Waals surface area contributed by atoms with Crippen LogP contribution in [0.3, 0.4) is 0 Å². The molecule has 3 aliphatic carbocycles. The second-order valence-corrected chi connectivity index (χ2v) is 17.3. The maximum absolute atomic E-state index is 6.94. The van der Waals surface area contributed by atoms with Crippen LogP contribution in [0.1, 0.15) is 50.2 Å². The molecule has 4 atom stereocenters. The minimum Gasteiger partial charge on any atom is -0.456 e. The lowest BCUT2D eigenvalue weighted by Crippen LogP contribution is -2.49. The van der Waals surface area contributed by atoms with E-state index < -0.39 is 0 Å². The Bertz CT molecular complexity index is 3220. The van der Waals surface area contributed by atoms with Crippen LogP contribution in [0.2, 0.25) is 0 Å². The van der Waals surface area contributed by atoms with Gasteiger partial charge in [-0.2, -0.15) is 0 Å². The van der Waals surface area contributed by atoms with Gasteiger partial charge in [-0.15, -0.1) is 0 Å². The molecule has 0 fully saturated rings. The molecule has 0 N–H and O–H groups in total. The number of hydrogen-bond donors (Lipinski definition) is 0. The van der Waals surface area contributed by atoms with Gasteiger partial charge in [-0.25, -0.2) is 9.98 Å². The molecule has 7 aromatic rings. The Kier molecular flexibility index (Phi) is 7.62. The summed E-state index contributed by atoms with van der Waals surface area (Å²) in [5.41, 5.74) is 10.9. The molecule has 4 heterocycles. The molecule has 5 aliphatic rings. The van der Waals surface area contributed by atoms with Crippen LogP contribution in [0, 0.1) is 5.41 Å². The quantitative estimate of drug-likeness (QED) is 0.175. The van der Waals surface area contributed by atoms with Crippen LogP contribution in [-0.4, -0.2) is 35.3 Å². The van der Waals surface area contributed by atoms with Gasteiger partial charge in [0.1, 0.15) is 34.3 Å². The summed E-state index contributed by atoms with van der Waals surface area (Å²) in [6.07, 6.45) is 27.4. The van der Waals surface area contributed by atoms with Crippen LogP contribution in [0.4, 0.5) is 11.4 Å². The summed E-state index contributed by atoms with van der Waals surface area (Å²) in [5.74, 6) is 1.95. The Hall–Kier alpha value is -6.92. The summed E-state index contributed by atoms with van der Waals surface area (Å²) in [6.45, 7) is 4.64. The van der Waals surface area contributed by atoms with E-state index in [4.69, 9.17) is 18.8 Å². The van der Waals surface area contributed by atoms with Gasteiger partial charge in [0, 0.05) is 68.0 Å². The van der Waals surface area contributed by atoms with Crippen molar-refractivity contribution >= 4 is 66.9 Å². The Labute approximate surface area is 349 Å². The number of fused-ring (bicyclic) bond motifs is 9. The highest BCUT2D eigenvalue weighted by Crippen LogP contribution is 2.54. The van der Waals surface area contributed by atoms with Crippen LogP contribution >= 0.6 is 0 Å². The van der Waals surface area contributed by atoms with Crippen LogP contribution in [0.5, 0.6) is 0 Å². The molecule has 60 heavy (non-hydrogen) atoms. The zero-order valence-electron chi connectivity index (χ0n) is 34.0. The average molecular weight is 781 g/mol. The number of anilines is 2. The fourth-order valence-electron chi connectivity index (χ4n) is 10.6. The Morgan fingerprint density at radius 2 is 1.60 bits per heavy atom. The van der Waals surface area contributed by atoms with Gasteiger partial charge in [-0.05, 0) is 79.8 Å². The van der Waals surface area contributed by atoms with Crippen LogP contribution < -0.4 is 4.90 Å². The summed E-state index contributed by atoms with van der Waals surface area (Å²) in [6, 6.07) is 34.7. The SMILES string of the molecule is CN1C(C2=CCCC=C2)=NC(c2ccc3c(c2)oc2c(-c4cccc5oc6ccc(N7c8ccccc8C8C=CC=CC87C)cc6c45)cccc23)=NC1C1(C)C=CC=CC1. The zero-order chi connectivity index (χ0) is 40.2. The molecule has 6 nitrogen and oxygen atoms in total. The molecule has 5 aromatic carbocycles. The number of benzene rings is 5. The first-order chi connectivity index (χ1) is 29.4. The van der Waals surface area contributed by atoms with Crippen LogP contribution in [0.25, 0.3) is 55.0 Å². The van der Waals surface area contributed by atoms with E-state index in [1.54, 1.807) is 0 Å². The van der Waals surface area contributed by atoms with Gasteiger partial charge in [0.05, 0.1) is 5.54 Å². The number of hydrogen-bond acceptors (Lipinski definition) is 6. The number of nitrogens with zero attached hydrogens (tertiary/aromatic N) is 4. The normalized spacial score (nSPS) is 24.4. The number of amidine groups is 2. The number of furan rings is 2. The number of para-hydroxylation sites is 2. The zero-order valence-corrected chi connectivity index (χ0v) is 34.0. The molecule has 12 rings (SSSR count). The minimum absolute atomic E-state index is 0.123. The second kappa shape index (κ2) is 13.0. The van der Waals surface area contributed by atoms with Crippen molar-refractivity contribution < 1.29 is 8.83 Å². The van der Waals surface area contributed by atoms with Gasteiger partial charge < -0.3 is 18.6 Å². The van der Waals surface area contributed by atoms with Crippen molar-refractivity contribution in [2.75, 3.05) is 11.9 Å². The predicted octanol–water partition coefficient (Wildman–Crippen LogP) is 13.5. The highest BCUT2D eigenvalue weighted by molar-refractivity contribution is 6.19. The van der Waals surface area contributed by atoms with Crippen molar-refractivity contribution in [2.24, 2.45) is 15.4 Å². The highest BCUT2D eigenvalue weighted by Gasteiger charge is 2.47. The van der Waals surface area contributed by atoms with Gasteiger partial charge in [0.2, 0.25) is 0 Å². The first-order valence-electron chi connectivity index (χ1n) is 21.2. The van der Waals surface area contributed by atoms with E-state index in [-0.39, 0.29) is 23.0 Å². The Balaban J connectivity index is 0.988. The summed E-state index contributed by atoms with van der Waals surface area (Å²) in [7, 11) is 2.13. The van der Waals surface area contributed by atoms with Gasteiger partial charge in [-0.3, -0.25) is 0 Å². The smallest absolute Gasteiger partial charge is 0.159 e. The first-order valence-corrected chi connectivity index (χ1v) is 21.2. The molecule has 0 radical (unpaired) electrons. The molecule has 2 aliphatic heterocycles. The molecule has 0 spiro atoms. The third-order valence-electron chi connectivity index (χ3n) is 13.5. The maximum Gasteiger partial charge on any atom is 0.159 e. The molecule has 292 valence electrons. The largest absolute Gasteiger partial charge is 0.456 e. The van der Waals surface area contributed by atoms with Gasteiger partial charge in [0.25, 0.3) is 0 Å². The van der Waals surface area contributed by atoms with Crippen molar-refractivity contribution in [3.63, 3.8) is 0 Å². The molecule has 0 bridgehead atoms. The minimum atomic E-state index is -0.230. The standard InChI is InChI=1S/C54H44N4O2/c1-53(29-11-5-12-30-53)52-56-50(55-51(57(52)3)34-16-6-4-7-17-34)35-25-27-37-39-20-14-21-40(49(39)60-47(37)32-35)38-19-15-24-46-48(38)42-33-36(26-28-45(42)59-46)58-44-23-9-8-18-41(44)43-22-10-13-31-54(43,58)2/h5-6,8-29,31-33,43,52H,4,7,30H2,1-3H3. The van der Waals surface area contributed by atoms with E-state index >= 15 is 0 Å². The lowest BCUT2D eigenvalue weighted by molar-refractivity contribution is 0.207. The molecule has 2 aromatic heterocycles. The topological polar surface area (TPSA) is 57.5 Å². The van der Waals surface area contributed by atoms with Crippen molar-refractivity contribution in [2.45, 2.75) is 50.7 Å².